The molecule has 60 valence electrons. The van der Waals surface area contributed by atoms with Crippen molar-refractivity contribution >= 4 is 11.6 Å². The minimum atomic E-state index is 0.471. The molecule has 0 amide bonds. The van der Waals surface area contributed by atoms with Gasteiger partial charge in [0.25, 0.3) is 0 Å². The van der Waals surface area contributed by atoms with Crippen LogP contribution in [0.2, 0.25) is 5.15 Å². The average molecular weight is 172 g/mol. The lowest BCUT2D eigenvalue weighted by Gasteiger charge is -2.02. The highest BCUT2D eigenvalue weighted by Gasteiger charge is 1.93. The molecule has 0 saturated carbocycles. The van der Waals surface area contributed by atoms with E-state index < -0.39 is 0 Å². The van der Waals surface area contributed by atoms with Gasteiger partial charge in [0, 0.05) is 12.3 Å². The van der Waals surface area contributed by atoms with Crippen LogP contribution in [0.4, 0.5) is 0 Å². The Balaban J connectivity index is 2.56. The third-order valence-electron chi connectivity index (χ3n) is 1.17. The van der Waals surface area contributed by atoms with E-state index in [1.807, 2.05) is 0 Å². The Labute approximate surface area is 71.2 Å². The molecule has 0 spiro atoms. The first-order chi connectivity index (χ1) is 5.33. The molecule has 1 aromatic rings. The summed E-state index contributed by atoms with van der Waals surface area (Å²) >= 11 is 5.63. The van der Waals surface area contributed by atoms with E-state index in [0.717, 1.165) is 18.8 Å². The van der Waals surface area contributed by atoms with Gasteiger partial charge < -0.3 is 4.74 Å². The number of ether oxygens (including phenoxy) is 1. The second-order valence-corrected chi connectivity index (χ2v) is 2.55. The van der Waals surface area contributed by atoms with Crippen LogP contribution >= 0.6 is 11.6 Å². The third kappa shape index (κ3) is 2.76. The van der Waals surface area contributed by atoms with Gasteiger partial charge in [-0.2, -0.15) is 0 Å². The quantitative estimate of drug-likeness (QED) is 0.652. The fraction of sp³-hybridized carbons (Fsp3) is 0.375. The van der Waals surface area contributed by atoms with Crippen LogP contribution in [0, 0.1) is 0 Å². The lowest BCUT2D eigenvalue weighted by atomic mass is 10.4. The van der Waals surface area contributed by atoms with Gasteiger partial charge in [-0.25, -0.2) is 4.98 Å². The van der Waals surface area contributed by atoms with E-state index in [-0.39, 0.29) is 0 Å². The molecule has 3 heteroatoms. The van der Waals surface area contributed by atoms with Gasteiger partial charge in [0.05, 0.1) is 6.61 Å². The van der Waals surface area contributed by atoms with Crippen molar-refractivity contribution in [2.45, 2.75) is 13.3 Å². The van der Waals surface area contributed by atoms with E-state index in [1.54, 1.807) is 18.3 Å². The highest BCUT2D eigenvalue weighted by Crippen LogP contribution is 2.14. The minimum absolute atomic E-state index is 0.471. The van der Waals surface area contributed by atoms with Crippen LogP contribution in [0.5, 0.6) is 5.75 Å². The zero-order valence-electron chi connectivity index (χ0n) is 6.38. The summed E-state index contributed by atoms with van der Waals surface area (Å²) < 4.78 is 5.31. The number of rotatable bonds is 3. The summed E-state index contributed by atoms with van der Waals surface area (Å²) in [6.07, 6.45) is 2.63. The zero-order chi connectivity index (χ0) is 8.10. The van der Waals surface area contributed by atoms with Crippen molar-refractivity contribution in [3.63, 3.8) is 0 Å². The Hall–Kier alpha value is -0.760. The molecular weight excluding hydrogens is 162 g/mol. The van der Waals surface area contributed by atoms with Crippen molar-refractivity contribution in [2.75, 3.05) is 6.61 Å². The molecule has 11 heavy (non-hydrogen) atoms. The molecule has 0 N–H and O–H groups in total. The number of pyridine rings is 1. The highest BCUT2D eigenvalue weighted by molar-refractivity contribution is 6.29. The first kappa shape index (κ1) is 8.34. The van der Waals surface area contributed by atoms with Crippen LogP contribution in [-0.4, -0.2) is 11.6 Å². The van der Waals surface area contributed by atoms with Crippen LogP contribution in [0.15, 0.2) is 18.3 Å². The molecule has 0 saturated heterocycles. The molecule has 0 aliphatic heterocycles. The highest BCUT2D eigenvalue weighted by atomic mass is 35.5. The van der Waals surface area contributed by atoms with Crippen molar-refractivity contribution in [1.82, 2.24) is 4.98 Å². The van der Waals surface area contributed by atoms with E-state index in [1.165, 1.54) is 0 Å². The molecule has 0 aromatic carbocycles. The molecule has 1 heterocycles. The number of aromatic nitrogens is 1. The molecule has 0 radical (unpaired) electrons. The summed E-state index contributed by atoms with van der Waals surface area (Å²) in [5.74, 6) is 0.784. The standard InChI is InChI=1S/C8H10ClNO/c1-2-5-11-7-3-4-10-8(9)6-7/h3-4,6H,2,5H2,1H3. The Morgan fingerprint density at radius 2 is 2.45 bits per heavy atom. The van der Waals surface area contributed by atoms with Gasteiger partial charge in [0.1, 0.15) is 10.9 Å². The van der Waals surface area contributed by atoms with E-state index >= 15 is 0 Å². The predicted molar refractivity (Wildman–Crippen MR) is 45.0 cm³/mol. The maximum Gasteiger partial charge on any atom is 0.132 e. The van der Waals surface area contributed by atoms with Gasteiger partial charge in [0.15, 0.2) is 0 Å². The van der Waals surface area contributed by atoms with Crippen molar-refractivity contribution < 1.29 is 4.74 Å². The maximum absolute atomic E-state index is 5.63. The summed E-state index contributed by atoms with van der Waals surface area (Å²) in [6.45, 7) is 2.78. The van der Waals surface area contributed by atoms with Crippen LogP contribution < -0.4 is 4.74 Å². The maximum atomic E-state index is 5.63. The van der Waals surface area contributed by atoms with E-state index in [0.29, 0.717) is 5.15 Å². The predicted octanol–water partition coefficient (Wildman–Crippen LogP) is 2.52. The van der Waals surface area contributed by atoms with Gasteiger partial charge >= 0.3 is 0 Å². The normalized spacial score (nSPS) is 9.64. The van der Waals surface area contributed by atoms with Gasteiger partial charge in [0.2, 0.25) is 0 Å². The van der Waals surface area contributed by atoms with Crippen LogP contribution in [0.25, 0.3) is 0 Å². The lowest BCUT2D eigenvalue weighted by molar-refractivity contribution is 0.317. The molecule has 2 nitrogen and oxygen atoms in total. The SMILES string of the molecule is CCCOc1ccnc(Cl)c1. The second-order valence-electron chi connectivity index (χ2n) is 2.16. The summed E-state index contributed by atoms with van der Waals surface area (Å²) in [6, 6.07) is 3.50. The van der Waals surface area contributed by atoms with Gasteiger partial charge in [-0.15, -0.1) is 0 Å². The van der Waals surface area contributed by atoms with Crippen molar-refractivity contribution in [3.8, 4) is 5.75 Å². The molecule has 1 aromatic heterocycles. The topological polar surface area (TPSA) is 22.1 Å². The van der Waals surface area contributed by atoms with Gasteiger partial charge in [-0.05, 0) is 12.5 Å². The number of nitrogens with zero attached hydrogens (tertiary/aromatic N) is 1. The van der Waals surface area contributed by atoms with E-state index in [9.17, 15) is 0 Å². The van der Waals surface area contributed by atoms with Crippen molar-refractivity contribution in [1.29, 1.82) is 0 Å². The molecule has 0 aliphatic carbocycles. The molecular formula is C8H10ClNO. The summed E-state index contributed by atoms with van der Waals surface area (Å²) in [5.41, 5.74) is 0. The monoisotopic (exact) mass is 171 g/mol. The molecule has 1 rings (SSSR count). The van der Waals surface area contributed by atoms with Gasteiger partial charge in [-0.3, -0.25) is 0 Å². The first-order valence-electron chi connectivity index (χ1n) is 3.57. The van der Waals surface area contributed by atoms with Crippen molar-refractivity contribution in [3.05, 3.63) is 23.5 Å². The fourth-order valence-corrected chi connectivity index (χ4v) is 0.858. The molecule has 0 atom stereocenters. The summed E-state index contributed by atoms with van der Waals surface area (Å²) in [5, 5.41) is 0.471. The Kier molecular flexibility index (Phi) is 3.17. The van der Waals surface area contributed by atoms with Gasteiger partial charge in [-0.1, -0.05) is 18.5 Å². The van der Waals surface area contributed by atoms with Crippen LogP contribution in [0.1, 0.15) is 13.3 Å². The largest absolute Gasteiger partial charge is 0.493 e. The minimum Gasteiger partial charge on any atom is -0.493 e. The van der Waals surface area contributed by atoms with E-state index in [2.05, 4.69) is 11.9 Å². The Bertz CT molecular complexity index is 227. The zero-order valence-corrected chi connectivity index (χ0v) is 7.14. The van der Waals surface area contributed by atoms with E-state index in [4.69, 9.17) is 16.3 Å². The smallest absolute Gasteiger partial charge is 0.132 e. The first-order valence-corrected chi connectivity index (χ1v) is 3.95. The third-order valence-corrected chi connectivity index (χ3v) is 1.38. The molecule has 0 bridgehead atoms. The number of hydrogen-bond acceptors (Lipinski definition) is 2. The second kappa shape index (κ2) is 4.19. The number of halogens is 1. The van der Waals surface area contributed by atoms with Crippen LogP contribution in [0.3, 0.4) is 0 Å². The average Bonchev–Trinajstić information content (AvgIpc) is 2.01. The fourth-order valence-electron chi connectivity index (χ4n) is 0.694. The summed E-state index contributed by atoms with van der Waals surface area (Å²) in [4.78, 5) is 3.83. The Morgan fingerprint density at radius 3 is 3.09 bits per heavy atom. The van der Waals surface area contributed by atoms with Crippen molar-refractivity contribution in [2.24, 2.45) is 0 Å². The Morgan fingerprint density at radius 1 is 1.64 bits per heavy atom. The lowest BCUT2D eigenvalue weighted by Crippen LogP contribution is -1.94. The molecule has 0 fully saturated rings. The molecule has 0 unspecified atom stereocenters. The molecule has 0 aliphatic rings. The summed E-state index contributed by atoms with van der Waals surface area (Å²) in [7, 11) is 0. The number of hydrogen-bond donors (Lipinski definition) is 0. The van der Waals surface area contributed by atoms with Crippen LogP contribution in [-0.2, 0) is 0 Å².